The zero-order valence-electron chi connectivity index (χ0n) is 18.5. The van der Waals surface area contributed by atoms with Gasteiger partial charge in [-0.15, -0.1) is 12.6 Å². The highest BCUT2D eigenvalue weighted by molar-refractivity contribution is 7.84. The molecule has 1 aliphatic heterocycles. The first kappa shape index (κ1) is 22.8. The van der Waals surface area contributed by atoms with Gasteiger partial charge in [0, 0.05) is 16.3 Å². The number of benzene rings is 3. The van der Waals surface area contributed by atoms with Gasteiger partial charge in [0.05, 0.1) is 17.0 Å². The van der Waals surface area contributed by atoms with Gasteiger partial charge in [0.1, 0.15) is 29.1 Å². The van der Waals surface area contributed by atoms with E-state index in [1.54, 1.807) is 17.0 Å². The molecule has 0 spiro atoms. The van der Waals surface area contributed by atoms with E-state index in [4.69, 9.17) is 20.9 Å². The van der Waals surface area contributed by atoms with E-state index in [-0.39, 0.29) is 10.6 Å². The van der Waals surface area contributed by atoms with Crippen LogP contribution in [0.3, 0.4) is 0 Å². The topological polar surface area (TPSA) is 91.4 Å². The Morgan fingerprint density at radius 2 is 1.91 bits per heavy atom. The summed E-state index contributed by atoms with van der Waals surface area (Å²) in [6, 6.07) is 22.2. The minimum absolute atomic E-state index is 0.0635. The largest absolute Gasteiger partial charge is 0.494 e. The minimum atomic E-state index is -0.623. The number of carbonyl (C=O) groups excluding carboxylic acids is 1. The summed E-state index contributed by atoms with van der Waals surface area (Å²) in [6.45, 7) is 2.46. The first-order valence-electron chi connectivity index (χ1n) is 10.8. The smallest absolute Gasteiger partial charge is 0.266 e. The molecule has 5 rings (SSSR count). The molecule has 1 aromatic heterocycles. The van der Waals surface area contributed by atoms with Crippen LogP contribution in [0.4, 0.5) is 5.69 Å². The van der Waals surface area contributed by atoms with Crippen LogP contribution in [0.1, 0.15) is 18.7 Å². The first-order valence-corrected chi connectivity index (χ1v) is 11.6. The summed E-state index contributed by atoms with van der Waals surface area (Å²) >= 11 is 10.6. The molecule has 0 aliphatic carbocycles. The van der Waals surface area contributed by atoms with Gasteiger partial charge in [-0.1, -0.05) is 22.8 Å². The van der Waals surface area contributed by atoms with E-state index >= 15 is 0 Å². The molecule has 1 amide bonds. The maximum Gasteiger partial charge on any atom is 0.266 e. The molecule has 9 heteroatoms. The third kappa shape index (κ3) is 4.20. The van der Waals surface area contributed by atoms with Crippen molar-refractivity contribution >= 4 is 46.7 Å². The molecule has 1 aliphatic rings. The lowest BCUT2D eigenvalue weighted by atomic mass is 10.0. The van der Waals surface area contributed by atoms with Crippen LogP contribution in [-0.4, -0.2) is 17.7 Å². The number of nitriles is 1. The lowest BCUT2D eigenvalue weighted by Crippen LogP contribution is -2.46. The van der Waals surface area contributed by atoms with Crippen molar-refractivity contribution in [2.75, 3.05) is 11.5 Å². The van der Waals surface area contributed by atoms with Gasteiger partial charge in [-0.2, -0.15) is 5.26 Å². The zero-order chi connectivity index (χ0) is 24.5. The summed E-state index contributed by atoms with van der Waals surface area (Å²) in [6.07, 6.45) is -0.623. The average Bonchev–Trinajstić information content (AvgIpc) is 3.29. The second kappa shape index (κ2) is 9.37. The normalized spacial score (nSPS) is 15.8. The highest BCUT2D eigenvalue weighted by atomic mass is 35.5. The SMILES string of the molecule is CCOc1ccc(N2C(S)=C(C#N)C(=O)NC2c2ccc3noc(-c4ccc(Cl)cc4)c3c2)cc1. The fourth-order valence-electron chi connectivity index (χ4n) is 4.02. The van der Waals surface area contributed by atoms with Crippen LogP contribution in [0.25, 0.3) is 22.2 Å². The van der Waals surface area contributed by atoms with E-state index < -0.39 is 12.1 Å². The number of fused-ring (bicyclic) bond motifs is 1. The van der Waals surface area contributed by atoms with E-state index in [1.165, 1.54) is 0 Å². The van der Waals surface area contributed by atoms with Crippen molar-refractivity contribution in [1.29, 1.82) is 5.26 Å². The molecular formula is C26H19ClN4O3S. The van der Waals surface area contributed by atoms with Gasteiger partial charge in [-0.25, -0.2) is 0 Å². The van der Waals surface area contributed by atoms with E-state index in [0.717, 1.165) is 28.0 Å². The number of aromatic nitrogens is 1. The Balaban J connectivity index is 1.62. The summed E-state index contributed by atoms with van der Waals surface area (Å²) in [5.41, 5.74) is 2.94. The van der Waals surface area contributed by atoms with Crippen LogP contribution in [0.2, 0.25) is 5.02 Å². The molecule has 0 saturated carbocycles. The first-order chi connectivity index (χ1) is 17.0. The van der Waals surface area contributed by atoms with Gasteiger partial charge < -0.3 is 19.5 Å². The third-order valence-electron chi connectivity index (χ3n) is 5.67. The molecule has 4 aromatic rings. The number of halogens is 1. The van der Waals surface area contributed by atoms with Crippen molar-refractivity contribution in [1.82, 2.24) is 10.5 Å². The van der Waals surface area contributed by atoms with Crippen molar-refractivity contribution < 1.29 is 14.1 Å². The van der Waals surface area contributed by atoms with Crippen LogP contribution in [0.5, 0.6) is 5.75 Å². The molecular weight excluding hydrogens is 484 g/mol. The fourth-order valence-corrected chi connectivity index (χ4v) is 4.53. The molecule has 174 valence electrons. The number of carbonyl (C=O) groups is 1. The predicted octanol–water partition coefficient (Wildman–Crippen LogP) is 5.85. The maximum absolute atomic E-state index is 12.7. The predicted molar refractivity (Wildman–Crippen MR) is 137 cm³/mol. The number of hydrogen-bond acceptors (Lipinski definition) is 7. The lowest BCUT2D eigenvalue weighted by molar-refractivity contribution is -0.118. The van der Waals surface area contributed by atoms with Gasteiger partial charge in [0.15, 0.2) is 5.76 Å². The number of nitrogens with zero attached hydrogens (tertiary/aromatic N) is 3. The minimum Gasteiger partial charge on any atom is -0.494 e. The summed E-state index contributed by atoms with van der Waals surface area (Å²) in [5.74, 6) is 0.818. The molecule has 7 nitrogen and oxygen atoms in total. The molecule has 1 atom stereocenters. The number of anilines is 1. The van der Waals surface area contributed by atoms with E-state index in [0.29, 0.717) is 22.9 Å². The van der Waals surface area contributed by atoms with Gasteiger partial charge in [0.2, 0.25) is 0 Å². The molecule has 1 N–H and O–H groups in total. The zero-order valence-corrected chi connectivity index (χ0v) is 20.2. The quantitative estimate of drug-likeness (QED) is 0.333. The number of amides is 1. The van der Waals surface area contributed by atoms with Crippen molar-refractivity contribution in [3.05, 3.63) is 87.9 Å². The lowest BCUT2D eigenvalue weighted by Gasteiger charge is -2.38. The summed E-state index contributed by atoms with van der Waals surface area (Å²) in [5, 5.41) is 18.3. The average molecular weight is 503 g/mol. The maximum atomic E-state index is 12.7. The second-order valence-electron chi connectivity index (χ2n) is 7.78. The van der Waals surface area contributed by atoms with E-state index in [9.17, 15) is 10.1 Å². The van der Waals surface area contributed by atoms with Gasteiger partial charge in [0.25, 0.3) is 5.91 Å². The number of hydrogen-bond donors (Lipinski definition) is 2. The molecule has 0 saturated heterocycles. The summed E-state index contributed by atoms with van der Waals surface area (Å²) in [7, 11) is 0. The Hall–Kier alpha value is -3.93. The Morgan fingerprint density at radius 3 is 2.60 bits per heavy atom. The molecule has 3 aromatic carbocycles. The Labute approximate surface area is 211 Å². The van der Waals surface area contributed by atoms with Crippen molar-refractivity contribution in [3.63, 3.8) is 0 Å². The van der Waals surface area contributed by atoms with Crippen LogP contribution >= 0.6 is 24.2 Å². The van der Waals surface area contributed by atoms with Crippen LogP contribution in [-0.2, 0) is 4.79 Å². The van der Waals surface area contributed by atoms with E-state index in [2.05, 4.69) is 23.1 Å². The Bertz CT molecular complexity index is 1490. The molecule has 2 heterocycles. The molecule has 35 heavy (non-hydrogen) atoms. The number of ether oxygens (including phenoxy) is 1. The number of rotatable bonds is 5. The van der Waals surface area contributed by atoms with Crippen molar-refractivity contribution in [2.45, 2.75) is 13.1 Å². The third-order valence-corrected chi connectivity index (χ3v) is 6.36. The monoisotopic (exact) mass is 502 g/mol. The molecule has 1 unspecified atom stereocenters. The highest BCUT2D eigenvalue weighted by Crippen LogP contribution is 2.38. The van der Waals surface area contributed by atoms with Crippen LogP contribution in [0, 0.1) is 11.3 Å². The van der Waals surface area contributed by atoms with Gasteiger partial charge >= 0.3 is 0 Å². The summed E-state index contributed by atoms with van der Waals surface area (Å²) in [4.78, 5) is 14.5. The highest BCUT2D eigenvalue weighted by Gasteiger charge is 2.34. The van der Waals surface area contributed by atoms with Crippen LogP contribution in [0.15, 0.2) is 81.9 Å². The van der Waals surface area contributed by atoms with E-state index in [1.807, 2.05) is 67.6 Å². The summed E-state index contributed by atoms with van der Waals surface area (Å²) < 4.78 is 11.2. The van der Waals surface area contributed by atoms with Crippen molar-refractivity contribution in [3.8, 4) is 23.1 Å². The number of thiol groups is 1. The fraction of sp³-hybridized carbons (Fsp3) is 0.115. The Morgan fingerprint density at radius 1 is 1.17 bits per heavy atom. The second-order valence-corrected chi connectivity index (χ2v) is 8.64. The molecule has 0 fully saturated rings. The standard InChI is InChI=1S/C26H19ClN4O3S/c1-2-33-19-10-8-18(9-11-19)31-24(29-25(32)21(14-28)26(31)35)16-5-12-22-20(13-16)23(34-30-22)15-3-6-17(27)7-4-15/h3-13,24,35H,2H2,1H3,(H,29,32). The number of nitrogens with one attached hydrogen (secondary N) is 1. The molecule has 0 bridgehead atoms. The van der Waals surface area contributed by atoms with Crippen LogP contribution < -0.4 is 15.0 Å². The molecule has 0 radical (unpaired) electrons. The van der Waals surface area contributed by atoms with Gasteiger partial charge in [-0.05, 0) is 73.2 Å². The Kier molecular flexibility index (Phi) is 6.12. The van der Waals surface area contributed by atoms with Gasteiger partial charge in [-0.3, -0.25) is 4.79 Å². The van der Waals surface area contributed by atoms with Crippen molar-refractivity contribution in [2.24, 2.45) is 0 Å².